The average molecular weight is 274 g/mol. The van der Waals surface area contributed by atoms with E-state index in [0.717, 1.165) is 24.9 Å². The zero-order valence-corrected chi connectivity index (χ0v) is 12.8. The molecule has 0 heterocycles. The van der Waals surface area contributed by atoms with E-state index in [1.165, 1.54) is 12.0 Å². The Morgan fingerprint density at radius 3 is 2.80 bits per heavy atom. The van der Waals surface area contributed by atoms with Crippen molar-refractivity contribution in [1.82, 2.24) is 0 Å². The van der Waals surface area contributed by atoms with E-state index in [4.69, 9.17) is 5.73 Å². The normalized spacial score (nSPS) is 26.5. The summed E-state index contributed by atoms with van der Waals surface area (Å²) in [7, 11) is 0. The van der Waals surface area contributed by atoms with Gasteiger partial charge in [-0.25, -0.2) is 0 Å². The lowest BCUT2D eigenvalue weighted by Gasteiger charge is -2.41. The summed E-state index contributed by atoms with van der Waals surface area (Å²) in [5, 5.41) is 3.44. The summed E-state index contributed by atoms with van der Waals surface area (Å²) in [5.41, 5.74) is 7.35. The summed E-state index contributed by atoms with van der Waals surface area (Å²) in [6.45, 7) is 6.52. The summed E-state index contributed by atoms with van der Waals surface area (Å²) in [6, 6.07) is 8.15. The van der Waals surface area contributed by atoms with Crippen LogP contribution in [0.15, 0.2) is 24.3 Å². The van der Waals surface area contributed by atoms with E-state index < -0.39 is 5.54 Å². The summed E-state index contributed by atoms with van der Waals surface area (Å²) in [5.74, 6) is 0.936. The zero-order valence-electron chi connectivity index (χ0n) is 12.8. The highest BCUT2D eigenvalue weighted by atomic mass is 16.1. The Balaban J connectivity index is 2.23. The molecular formula is C17H26N2O. The molecule has 2 atom stereocenters. The van der Waals surface area contributed by atoms with Gasteiger partial charge in [-0.3, -0.25) is 4.79 Å². The van der Waals surface area contributed by atoms with E-state index in [0.29, 0.717) is 11.8 Å². The van der Waals surface area contributed by atoms with Crippen LogP contribution in [-0.2, 0) is 4.79 Å². The molecule has 1 saturated carbocycles. The maximum Gasteiger partial charge on any atom is 0.243 e. The van der Waals surface area contributed by atoms with Gasteiger partial charge in [0.1, 0.15) is 5.54 Å². The maximum atomic E-state index is 12.1. The molecule has 0 bridgehead atoms. The number of hydrogen-bond acceptors (Lipinski definition) is 2. The van der Waals surface area contributed by atoms with Crippen molar-refractivity contribution in [2.24, 2.45) is 17.6 Å². The number of nitrogens with one attached hydrogen (secondary N) is 1. The number of benzene rings is 1. The summed E-state index contributed by atoms with van der Waals surface area (Å²) in [6.07, 6.45) is 3.93. The monoisotopic (exact) mass is 274 g/mol. The average Bonchev–Trinajstić information content (AvgIpc) is 2.38. The van der Waals surface area contributed by atoms with E-state index in [2.05, 4.69) is 38.2 Å². The van der Waals surface area contributed by atoms with Crippen LogP contribution in [0.4, 0.5) is 5.69 Å². The van der Waals surface area contributed by atoms with Crippen LogP contribution in [0, 0.1) is 18.8 Å². The van der Waals surface area contributed by atoms with Crippen molar-refractivity contribution >= 4 is 11.6 Å². The van der Waals surface area contributed by atoms with Gasteiger partial charge in [-0.1, -0.05) is 32.4 Å². The molecule has 3 nitrogen and oxygen atoms in total. The molecule has 0 radical (unpaired) electrons. The molecule has 0 saturated heterocycles. The number of amides is 1. The van der Waals surface area contributed by atoms with Gasteiger partial charge in [-0.05, 0) is 55.7 Å². The van der Waals surface area contributed by atoms with Crippen LogP contribution < -0.4 is 11.1 Å². The molecule has 20 heavy (non-hydrogen) atoms. The molecule has 0 aromatic heterocycles. The molecule has 2 rings (SSSR count). The molecule has 1 amide bonds. The molecule has 1 aliphatic rings. The van der Waals surface area contributed by atoms with E-state index >= 15 is 0 Å². The number of carbonyl (C=O) groups excluding carboxylic acids is 1. The molecule has 2 unspecified atom stereocenters. The second-order valence-corrected chi connectivity index (χ2v) is 6.54. The first-order valence-corrected chi connectivity index (χ1v) is 7.58. The SMILES string of the molecule is Cc1cccc(NC2(C(N)=O)CCCC(C(C)C)C2)c1. The third-order valence-electron chi connectivity index (χ3n) is 4.61. The highest BCUT2D eigenvalue weighted by Crippen LogP contribution is 2.38. The smallest absolute Gasteiger partial charge is 0.243 e. The standard InChI is InChI=1S/C17H26N2O/c1-12(2)14-7-5-9-17(11-14,16(18)20)19-15-8-4-6-13(3)10-15/h4,6,8,10,12,14,19H,5,7,9,11H2,1-3H3,(H2,18,20). The molecule has 1 fully saturated rings. The van der Waals surface area contributed by atoms with E-state index in [1.807, 2.05) is 12.1 Å². The lowest BCUT2D eigenvalue weighted by atomic mass is 9.71. The van der Waals surface area contributed by atoms with Gasteiger partial charge in [-0.15, -0.1) is 0 Å². The van der Waals surface area contributed by atoms with Gasteiger partial charge in [0.25, 0.3) is 0 Å². The van der Waals surface area contributed by atoms with Crippen molar-refractivity contribution in [1.29, 1.82) is 0 Å². The lowest BCUT2D eigenvalue weighted by molar-refractivity contribution is -0.124. The van der Waals surface area contributed by atoms with E-state index in [1.54, 1.807) is 0 Å². The quantitative estimate of drug-likeness (QED) is 0.883. The molecule has 1 aromatic rings. The van der Waals surface area contributed by atoms with Crippen LogP contribution in [0.3, 0.4) is 0 Å². The van der Waals surface area contributed by atoms with Gasteiger partial charge >= 0.3 is 0 Å². The Bertz CT molecular complexity index is 484. The summed E-state index contributed by atoms with van der Waals surface area (Å²) < 4.78 is 0. The van der Waals surface area contributed by atoms with Crippen molar-refractivity contribution in [3.05, 3.63) is 29.8 Å². The second-order valence-electron chi connectivity index (χ2n) is 6.54. The second kappa shape index (κ2) is 5.86. The van der Waals surface area contributed by atoms with Crippen LogP contribution in [-0.4, -0.2) is 11.4 Å². The lowest BCUT2D eigenvalue weighted by Crippen LogP contribution is -2.53. The van der Waals surface area contributed by atoms with Gasteiger partial charge in [0.05, 0.1) is 0 Å². The molecule has 0 aliphatic heterocycles. The predicted octanol–water partition coefficient (Wildman–Crippen LogP) is 3.48. The van der Waals surface area contributed by atoms with Crippen molar-refractivity contribution in [2.45, 2.75) is 52.0 Å². The first-order chi connectivity index (χ1) is 9.43. The number of nitrogens with two attached hydrogens (primary N) is 1. The number of rotatable bonds is 4. The molecule has 1 aliphatic carbocycles. The first-order valence-electron chi connectivity index (χ1n) is 7.58. The molecule has 3 N–H and O–H groups in total. The minimum Gasteiger partial charge on any atom is -0.371 e. The van der Waals surface area contributed by atoms with Crippen molar-refractivity contribution < 1.29 is 4.79 Å². The number of carbonyl (C=O) groups is 1. The van der Waals surface area contributed by atoms with E-state index in [9.17, 15) is 4.79 Å². The molecule has 0 spiro atoms. The zero-order chi connectivity index (χ0) is 14.8. The number of aryl methyl sites for hydroxylation is 1. The Kier molecular flexibility index (Phi) is 4.36. The van der Waals surface area contributed by atoms with Gasteiger partial charge in [0.15, 0.2) is 0 Å². The number of anilines is 1. The highest BCUT2D eigenvalue weighted by molar-refractivity contribution is 5.88. The van der Waals surface area contributed by atoms with Gasteiger partial charge in [0, 0.05) is 5.69 Å². The highest BCUT2D eigenvalue weighted by Gasteiger charge is 2.42. The third kappa shape index (κ3) is 3.14. The fraction of sp³-hybridized carbons (Fsp3) is 0.588. The third-order valence-corrected chi connectivity index (χ3v) is 4.61. The maximum absolute atomic E-state index is 12.1. The number of hydrogen-bond donors (Lipinski definition) is 2. The van der Waals surface area contributed by atoms with Crippen molar-refractivity contribution in [3.63, 3.8) is 0 Å². The van der Waals surface area contributed by atoms with Crippen LogP contribution in [0.1, 0.15) is 45.1 Å². The van der Waals surface area contributed by atoms with Crippen LogP contribution in [0.2, 0.25) is 0 Å². The minimum atomic E-state index is -0.582. The van der Waals surface area contributed by atoms with Crippen LogP contribution in [0.5, 0.6) is 0 Å². The minimum absolute atomic E-state index is 0.218. The first kappa shape index (κ1) is 14.9. The fourth-order valence-corrected chi connectivity index (χ4v) is 3.28. The Hall–Kier alpha value is -1.51. The molecule has 3 heteroatoms. The van der Waals surface area contributed by atoms with Crippen LogP contribution in [0.25, 0.3) is 0 Å². The van der Waals surface area contributed by atoms with Gasteiger partial charge < -0.3 is 11.1 Å². The van der Waals surface area contributed by atoms with Gasteiger partial charge in [-0.2, -0.15) is 0 Å². The Morgan fingerprint density at radius 2 is 2.20 bits per heavy atom. The van der Waals surface area contributed by atoms with Crippen molar-refractivity contribution in [2.75, 3.05) is 5.32 Å². The Labute approximate surface area is 121 Å². The molecule has 1 aromatic carbocycles. The largest absolute Gasteiger partial charge is 0.371 e. The topological polar surface area (TPSA) is 55.1 Å². The molecule has 110 valence electrons. The molecular weight excluding hydrogens is 248 g/mol. The van der Waals surface area contributed by atoms with Crippen molar-refractivity contribution in [3.8, 4) is 0 Å². The summed E-state index contributed by atoms with van der Waals surface area (Å²) in [4.78, 5) is 12.1. The predicted molar refractivity (Wildman–Crippen MR) is 83.5 cm³/mol. The van der Waals surface area contributed by atoms with E-state index in [-0.39, 0.29) is 5.91 Å². The van der Waals surface area contributed by atoms with Crippen LogP contribution >= 0.6 is 0 Å². The van der Waals surface area contributed by atoms with Gasteiger partial charge in [0.2, 0.25) is 5.91 Å². The summed E-state index contributed by atoms with van der Waals surface area (Å²) >= 11 is 0. The Morgan fingerprint density at radius 1 is 1.45 bits per heavy atom. The number of primary amides is 1. The fourth-order valence-electron chi connectivity index (χ4n) is 3.28.